The predicted molar refractivity (Wildman–Crippen MR) is 127 cm³/mol. The van der Waals surface area contributed by atoms with Crippen LogP contribution in [0, 0.1) is 17.1 Å². The normalized spacial score (nSPS) is 17.3. The maximum absolute atomic E-state index is 13.5. The van der Waals surface area contributed by atoms with Crippen molar-refractivity contribution in [1.82, 2.24) is 15.2 Å². The number of methoxy groups -OCH3 is 1. The molecule has 1 aliphatic heterocycles. The summed E-state index contributed by atoms with van der Waals surface area (Å²) in [6.07, 6.45) is 4.34. The molecule has 1 aromatic heterocycles. The number of halogens is 3. The van der Waals surface area contributed by atoms with E-state index in [1.165, 1.54) is 19.2 Å². The van der Waals surface area contributed by atoms with Gasteiger partial charge in [-0.1, -0.05) is 6.42 Å². The van der Waals surface area contributed by atoms with E-state index in [-0.39, 0.29) is 36.4 Å². The van der Waals surface area contributed by atoms with Crippen LogP contribution < -0.4 is 5.32 Å². The van der Waals surface area contributed by atoms with Gasteiger partial charge in [0, 0.05) is 34.8 Å². The number of esters is 1. The fourth-order valence-corrected chi connectivity index (χ4v) is 4.73. The molecule has 4 rings (SSSR count). The molecule has 188 valence electrons. The number of pyridine rings is 1. The molecule has 0 amide bonds. The van der Waals surface area contributed by atoms with Gasteiger partial charge in [0.05, 0.1) is 13.7 Å². The second-order valence-corrected chi connectivity index (χ2v) is 9.13. The Morgan fingerprint density at radius 1 is 1.20 bits per heavy atom. The molecule has 1 aromatic carbocycles. The van der Waals surface area contributed by atoms with Gasteiger partial charge in [0.15, 0.2) is 5.69 Å². The lowest BCUT2D eigenvalue weighted by atomic mass is 9.76. The minimum atomic E-state index is -0.803. The first kappa shape index (κ1) is 25.1. The third-order valence-corrected chi connectivity index (χ3v) is 6.95. The molecule has 1 aliphatic carbocycles. The number of benzene rings is 1. The molecular weight excluding hydrogens is 459 g/mol. The van der Waals surface area contributed by atoms with Crippen LogP contribution in [0.15, 0.2) is 30.3 Å². The predicted octanol–water partition coefficient (Wildman–Crippen LogP) is 5.17. The highest BCUT2D eigenvalue weighted by Gasteiger charge is 2.32. The minimum absolute atomic E-state index is 0.0358. The van der Waals surface area contributed by atoms with Crippen LogP contribution in [0.25, 0.3) is 0 Å². The number of nitrogens with one attached hydrogen (secondary N) is 2. The first-order valence-electron chi connectivity index (χ1n) is 11.9. The third-order valence-electron chi connectivity index (χ3n) is 6.95. The molecule has 0 radical (unpaired) electrons. The highest BCUT2D eigenvalue weighted by atomic mass is 19.4. The monoisotopic (exact) mass is 489 g/mol. The summed E-state index contributed by atoms with van der Waals surface area (Å²) >= 11 is 0. The number of nitrogens with zero attached hydrogens (tertiary/aromatic N) is 3. The number of anilines is 2. The number of aromatic nitrogens is 1. The topological polar surface area (TPSA) is 81.5 Å². The fraction of sp³-hybridized carbons (Fsp3) is 0.480. The largest absolute Gasteiger partial charge is 0.464 e. The van der Waals surface area contributed by atoms with Gasteiger partial charge in [0.1, 0.15) is 11.6 Å². The van der Waals surface area contributed by atoms with Crippen molar-refractivity contribution in [2.75, 3.05) is 38.6 Å². The molecule has 10 heteroatoms. The van der Waals surface area contributed by atoms with Crippen molar-refractivity contribution in [2.45, 2.75) is 38.0 Å². The SMILES string of the molecule is COC(=O)c1cc(C2CCN(CCN(F)F)CC2)c(C(=N)C2CCC2)c(Nc2ccc(F)cc2)n1. The molecule has 2 aliphatic rings. The highest BCUT2D eigenvalue weighted by Crippen LogP contribution is 2.39. The van der Waals surface area contributed by atoms with Crippen LogP contribution >= 0.6 is 0 Å². The fourth-order valence-electron chi connectivity index (χ4n) is 4.73. The van der Waals surface area contributed by atoms with Gasteiger partial charge in [-0.3, -0.25) is 0 Å². The number of carbonyl (C=O) groups is 1. The van der Waals surface area contributed by atoms with E-state index in [2.05, 4.69) is 10.3 Å². The molecule has 2 fully saturated rings. The Morgan fingerprint density at radius 3 is 2.46 bits per heavy atom. The smallest absolute Gasteiger partial charge is 0.356 e. The molecule has 2 heterocycles. The summed E-state index contributed by atoms with van der Waals surface area (Å²) in [5.41, 5.74) is 2.72. The van der Waals surface area contributed by atoms with Crippen LogP contribution in [0.5, 0.6) is 0 Å². The molecule has 0 unspecified atom stereocenters. The lowest BCUT2D eigenvalue weighted by molar-refractivity contribution is -0.155. The van der Waals surface area contributed by atoms with E-state index in [0.29, 0.717) is 48.7 Å². The quantitative estimate of drug-likeness (QED) is 0.287. The Labute approximate surface area is 202 Å². The Kier molecular flexibility index (Phi) is 8.02. The van der Waals surface area contributed by atoms with Crippen molar-refractivity contribution >= 4 is 23.2 Å². The van der Waals surface area contributed by atoms with E-state index in [1.807, 2.05) is 4.90 Å². The molecule has 35 heavy (non-hydrogen) atoms. The maximum atomic E-state index is 13.5. The number of ether oxygens (including phenoxy) is 1. The van der Waals surface area contributed by atoms with E-state index in [4.69, 9.17) is 10.1 Å². The average Bonchev–Trinajstić information content (AvgIpc) is 2.82. The van der Waals surface area contributed by atoms with E-state index >= 15 is 0 Å². The molecule has 0 spiro atoms. The van der Waals surface area contributed by atoms with Gasteiger partial charge in [-0.05, 0) is 80.6 Å². The van der Waals surface area contributed by atoms with Crippen LogP contribution in [-0.2, 0) is 4.74 Å². The molecule has 0 atom stereocenters. The zero-order valence-corrected chi connectivity index (χ0v) is 19.7. The van der Waals surface area contributed by atoms with Gasteiger partial charge < -0.3 is 20.4 Å². The number of likely N-dealkylation sites (tertiary alicyclic amines) is 1. The number of carbonyl (C=O) groups excluding carboxylic acids is 1. The van der Waals surface area contributed by atoms with Crippen molar-refractivity contribution in [3.05, 3.63) is 53.0 Å². The Hall–Kier alpha value is -2.98. The molecule has 2 N–H and O–H groups in total. The maximum Gasteiger partial charge on any atom is 0.356 e. The number of rotatable bonds is 9. The van der Waals surface area contributed by atoms with Crippen LogP contribution in [0.2, 0.25) is 0 Å². The van der Waals surface area contributed by atoms with Crippen LogP contribution in [0.1, 0.15) is 59.6 Å². The Balaban J connectivity index is 1.70. The number of piperidine rings is 1. The summed E-state index contributed by atoms with van der Waals surface area (Å²) < 4.78 is 43.4. The summed E-state index contributed by atoms with van der Waals surface area (Å²) in [6.45, 7) is 1.26. The van der Waals surface area contributed by atoms with Crippen LogP contribution in [-0.4, -0.2) is 60.2 Å². The van der Waals surface area contributed by atoms with Crippen LogP contribution in [0.4, 0.5) is 24.9 Å². The van der Waals surface area contributed by atoms with Crippen molar-refractivity contribution in [3.8, 4) is 0 Å². The lowest BCUT2D eigenvalue weighted by Gasteiger charge is -2.35. The van der Waals surface area contributed by atoms with Gasteiger partial charge in [-0.2, -0.15) is 0 Å². The first-order chi connectivity index (χ1) is 16.9. The zero-order chi connectivity index (χ0) is 24.9. The Bertz CT molecular complexity index is 1050. The average molecular weight is 490 g/mol. The van der Waals surface area contributed by atoms with Gasteiger partial charge in [-0.25, -0.2) is 14.2 Å². The first-order valence-corrected chi connectivity index (χ1v) is 11.9. The van der Waals surface area contributed by atoms with Crippen molar-refractivity contribution in [2.24, 2.45) is 5.92 Å². The van der Waals surface area contributed by atoms with Gasteiger partial charge in [0.25, 0.3) is 0 Å². The number of hydrogen-bond acceptors (Lipinski definition) is 7. The molecule has 1 saturated carbocycles. The molecule has 1 saturated heterocycles. The van der Waals surface area contributed by atoms with Gasteiger partial charge >= 0.3 is 5.97 Å². The molecule has 2 aromatic rings. The van der Waals surface area contributed by atoms with Gasteiger partial charge in [0.2, 0.25) is 0 Å². The van der Waals surface area contributed by atoms with Crippen molar-refractivity contribution in [3.63, 3.8) is 0 Å². The van der Waals surface area contributed by atoms with E-state index < -0.39 is 11.3 Å². The van der Waals surface area contributed by atoms with Crippen molar-refractivity contribution < 1.29 is 22.9 Å². The van der Waals surface area contributed by atoms with E-state index in [0.717, 1.165) is 24.8 Å². The summed E-state index contributed by atoms with van der Waals surface area (Å²) in [5, 5.41) is 11.4. The molecule has 7 nitrogen and oxygen atoms in total. The lowest BCUT2D eigenvalue weighted by Crippen LogP contribution is -2.37. The second kappa shape index (κ2) is 11.2. The minimum Gasteiger partial charge on any atom is -0.464 e. The summed E-state index contributed by atoms with van der Waals surface area (Å²) in [7, 11) is 1.29. The third kappa shape index (κ3) is 5.99. The number of hydrogen-bond donors (Lipinski definition) is 2. The molecular formula is C25H30F3N5O2. The van der Waals surface area contributed by atoms with Crippen molar-refractivity contribution in [1.29, 1.82) is 5.41 Å². The highest BCUT2D eigenvalue weighted by molar-refractivity contribution is 6.07. The summed E-state index contributed by atoms with van der Waals surface area (Å²) in [4.78, 5) is 19.0. The van der Waals surface area contributed by atoms with Crippen LogP contribution in [0.3, 0.4) is 0 Å². The van der Waals surface area contributed by atoms with E-state index in [9.17, 15) is 18.1 Å². The molecule has 0 bridgehead atoms. The zero-order valence-electron chi connectivity index (χ0n) is 19.7. The summed E-state index contributed by atoms with van der Waals surface area (Å²) in [5.74, 6) is -0.426. The van der Waals surface area contributed by atoms with E-state index in [1.54, 1.807) is 18.2 Å². The standard InChI is InChI=1S/C25H30F3N5O2/c1-35-25(34)21-15-20(16-9-11-32(12-10-16)13-14-33(27)28)22(23(29)17-3-2-4-17)24(31-21)30-19-7-5-18(26)6-8-19/h5-8,15-17,29H,2-4,9-14H2,1H3,(H,30,31). The van der Waals surface area contributed by atoms with Gasteiger partial charge in [-0.15, -0.1) is 8.96 Å². The second-order valence-electron chi connectivity index (χ2n) is 9.13. The summed E-state index contributed by atoms with van der Waals surface area (Å²) in [6, 6.07) is 7.53. The Morgan fingerprint density at radius 2 is 1.89 bits per heavy atom.